The van der Waals surface area contributed by atoms with Crippen molar-refractivity contribution in [3.8, 4) is 0 Å². The Kier molecular flexibility index (Phi) is 3.85. The highest BCUT2D eigenvalue weighted by Gasteiger charge is 2.17. The number of fused-ring (bicyclic) bond motifs is 1. The first kappa shape index (κ1) is 13.3. The Morgan fingerprint density at radius 2 is 2.25 bits per heavy atom. The van der Waals surface area contributed by atoms with Crippen LogP contribution in [0, 0.1) is 0 Å². The highest BCUT2D eigenvalue weighted by atomic mass is 35.5. The van der Waals surface area contributed by atoms with Crippen LogP contribution in [0.15, 0.2) is 36.7 Å². The molecule has 1 aromatic heterocycles. The summed E-state index contributed by atoms with van der Waals surface area (Å²) in [5.74, 6) is 1.22. The zero-order chi connectivity index (χ0) is 13.9. The molecule has 0 radical (unpaired) electrons. The second-order valence-corrected chi connectivity index (χ2v) is 5.43. The van der Waals surface area contributed by atoms with Crippen LogP contribution in [-0.2, 0) is 13.1 Å². The molecule has 104 valence electrons. The summed E-state index contributed by atoms with van der Waals surface area (Å²) in [5, 5.41) is 0.607. The molecular formula is C15H16ClN3O. The van der Waals surface area contributed by atoms with Crippen molar-refractivity contribution in [2.75, 3.05) is 13.1 Å². The Morgan fingerprint density at radius 1 is 1.35 bits per heavy atom. The van der Waals surface area contributed by atoms with Gasteiger partial charge in [0.15, 0.2) is 5.78 Å². The molecule has 0 bridgehead atoms. The Bertz CT molecular complexity index is 623. The van der Waals surface area contributed by atoms with Crippen LogP contribution < -0.4 is 0 Å². The molecular weight excluding hydrogens is 274 g/mol. The summed E-state index contributed by atoms with van der Waals surface area (Å²) in [6.07, 6.45) is 4.35. The molecule has 0 saturated heterocycles. The Labute approximate surface area is 123 Å². The van der Waals surface area contributed by atoms with E-state index in [1.54, 1.807) is 12.1 Å². The van der Waals surface area contributed by atoms with Gasteiger partial charge in [-0.2, -0.15) is 0 Å². The molecule has 4 nitrogen and oxygen atoms in total. The molecule has 0 fully saturated rings. The van der Waals surface area contributed by atoms with Crippen LogP contribution in [0.4, 0.5) is 0 Å². The van der Waals surface area contributed by atoms with Gasteiger partial charge in [0.25, 0.3) is 0 Å². The summed E-state index contributed by atoms with van der Waals surface area (Å²) < 4.78 is 2.16. The Hall–Kier alpha value is -1.65. The van der Waals surface area contributed by atoms with Crippen molar-refractivity contribution < 1.29 is 4.79 Å². The van der Waals surface area contributed by atoms with Crippen LogP contribution in [0.5, 0.6) is 0 Å². The number of aromatic nitrogens is 2. The first-order chi connectivity index (χ1) is 9.72. The predicted octanol–water partition coefficient (Wildman–Crippen LogP) is 2.63. The number of hydrogen-bond donors (Lipinski definition) is 0. The van der Waals surface area contributed by atoms with E-state index in [4.69, 9.17) is 11.6 Å². The van der Waals surface area contributed by atoms with E-state index in [2.05, 4.69) is 14.5 Å². The minimum absolute atomic E-state index is 0.140. The molecule has 0 saturated carbocycles. The third-order valence-electron chi connectivity index (χ3n) is 3.63. The van der Waals surface area contributed by atoms with Gasteiger partial charge in [-0.1, -0.05) is 23.7 Å². The Balaban J connectivity index is 1.57. The van der Waals surface area contributed by atoms with Gasteiger partial charge in [-0.05, 0) is 12.1 Å². The average molecular weight is 290 g/mol. The van der Waals surface area contributed by atoms with Crippen molar-refractivity contribution in [1.82, 2.24) is 14.5 Å². The van der Waals surface area contributed by atoms with Crippen molar-refractivity contribution in [1.29, 1.82) is 0 Å². The quantitative estimate of drug-likeness (QED) is 0.812. The van der Waals surface area contributed by atoms with Gasteiger partial charge >= 0.3 is 0 Å². The van der Waals surface area contributed by atoms with E-state index in [0.717, 1.165) is 32.0 Å². The highest BCUT2D eigenvalue weighted by Crippen LogP contribution is 2.14. The summed E-state index contributed by atoms with van der Waals surface area (Å²) in [6.45, 7) is 3.49. The lowest BCUT2D eigenvalue weighted by molar-refractivity contribution is 0.0955. The van der Waals surface area contributed by atoms with Gasteiger partial charge in [-0.3, -0.25) is 9.69 Å². The molecule has 1 aromatic carbocycles. The molecule has 3 rings (SSSR count). The van der Waals surface area contributed by atoms with Gasteiger partial charge in [0.2, 0.25) is 0 Å². The molecule has 0 unspecified atom stereocenters. The molecule has 2 aromatic rings. The van der Waals surface area contributed by atoms with Crippen molar-refractivity contribution >= 4 is 17.4 Å². The van der Waals surface area contributed by atoms with Gasteiger partial charge in [0, 0.05) is 49.0 Å². The number of ketones is 1. The maximum atomic E-state index is 12.1. The SMILES string of the molecule is O=C(CCN1CCn2ccnc2C1)c1cccc(Cl)c1. The highest BCUT2D eigenvalue weighted by molar-refractivity contribution is 6.31. The lowest BCUT2D eigenvalue weighted by Crippen LogP contribution is -2.35. The number of nitrogens with zero attached hydrogens (tertiary/aromatic N) is 3. The average Bonchev–Trinajstić information content (AvgIpc) is 2.92. The number of carbonyl (C=O) groups is 1. The normalized spacial score (nSPS) is 15.1. The van der Waals surface area contributed by atoms with Crippen LogP contribution >= 0.6 is 11.6 Å². The molecule has 0 N–H and O–H groups in total. The van der Waals surface area contributed by atoms with Gasteiger partial charge in [0.05, 0.1) is 6.54 Å². The number of hydrogen-bond acceptors (Lipinski definition) is 3. The van der Waals surface area contributed by atoms with Crippen LogP contribution in [0.1, 0.15) is 22.6 Å². The van der Waals surface area contributed by atoms with Crippen molar-refractivity contribution in [3.63, 3.8) is 0 Å². The number of imidazole rings is 1. The molecule has 20 heavy (non-hydrogen) atoms. The fraction of sp³-hybridized carbons (Fsp3) is 0.333. The molecule has 1 aliphatic rings. The zero-order valence-corrected chi connectivity index (χ0v) is 11.9. The van der Waals surface area contributed by atoms with E-state index in [-0.39, 0.29) is 5.78 Å². The maximum Gasteiger partial charge on any atom is 0.164 e. The summed E-state index contributed by atoms with van der Waals surface area (Å²) in [4.78, 5) is 18.7. The van der Waals surface area contributed by atoms with Crippen LogP contribution in [0.25, 0.3) is 0 Å². The first-order valence-electron chi connectivity index (χ1n) is 6.73. The lowest BCUT2D eigenvalue weighted by Gasteiger charge is -2.27. The van der Waals surface area contributed by atoms with Gasteiger partial charge in [-0.25, -0.2) is 4.98 Å². The zero-order valence-electron chi connectivity index (χ0n) is 11.1. The third-order valence-corrected chi connectivity index (χ3v) is 3.86. The standard InChI is InChI=1S/C15H16ClN3O/c16-13-3-1-2-12(10-13)14(20)4-6-18-8-9-19-7-5-17-15(19)11-18/h1-3,5,7,10H,4,6,8-9,11H2. The molecule has 0 atom stereocenters. The molecule has 0 spiro atoms. The van der Waals surface area contributed by atoms with Crippen LogP contribution in [0.3, 0.4) is 0 Å². The third kappa shape index (κ3) is 2.92. The summed E-state index contributed by atoms with van der Waals surface area (Å²) >= 11 is 5.91. The van der Waals surface area contributed by atoms with E-state index in [0.29, 0.717) is 17.0 Å². The predicted molar refractivity (Wildman–Crippen MR) is 77.9 cm³/mol. The molecule has 0 amide bonds. The molecule has 2 heterocycles. The molecule has 1 aliphatic heterocycles. The second-order valence-electron chi connectivity index (χ2n) is 5.00. The minimum Gasteiger partial charge on any atom is -0.333 e. The first-order valence-corrected chi connectivity index (χ1v) is 7.11. The van der Waals surface area contributed by atoms with E-state index in [1.165, 1.54) is 0 Å². The van der Waals surface area contributed by atoms with Gasteiger partial charge in [-0.15, -0.1) is 0 Å². The summed E-state index contributed by atoms with van der Waals surface area (Å²) in [7, 11) is 0. The van der Waals surface area contributed by atoms with E-state index >= 15 is 0 Å². The van der Waals surface area contributed by atoms with E-state index < -0.39 is 0 Å². The molecule has 5 heteroatoms. The van der Waals surface area contributed by atoms with E-state index in [1.807, 2.05) is 24.5 Å². The van der Waals surface area contributed by atoms with E-state index in [9.17, 15) is 4.79 Å². The second kappa shape index (κ2) is 5.77. The number of Topliss-reactive ketones (excluding diaryl/α,β-unsaturated/α-hetero) is 1. The van der Waals surface area contributed by atoms with Crippen molar-refractivity contribution in [2.24, 2.45) is 0 Å². The largest absolute Gasteiger partial charge is 0.333 e. The Morgan fingerprint density at radius 3 is 3.10 bits per heavy atom. The van der Waals surface area contributed by atoms with Gasteiger partial charge < -0.3 is 4.57 Å². The monoisotopic (exact) mass is 289 g/mol. The minimum atomic E-state index is 0.140. The van der Waals surface area contributed by atoms with Crippen LogP contribution in [-0.4, -0.2) is 33.3 Å². The number of halogens is 1. The number of rotatable bonds is 4. The fourth-order valence-electron chi connectivity index (χ4n) is 2.48. The van der Waals surface area contributed by atoms with Gasteiger partial charge in [0.1, 0.15) is 5.82 Å². The van der Waals surface area contributed by atoms with Crippen molar-refractivity contribution in [3.05, 3.63) is 53.1 Å². The fourth-order valence-corrected chi connectivity index (χ4v) is 2.67. The topological polar surface area (TPSA) is 38.1 Å². The number of carbonyl (C=O) groups excluding carboxylic acids is 1. The molecule has 0 aliphatic carbocycles. The van der Waals surface area contributed by atoms with Crippen LogP contribution in [0.2, 0.25) is 5.02 Å². The number of benzene rings is 1. The summed E-state index contributed by atoms with van der Waals surface area (Å²) in [5.41, 5.74) is 0.691. The summed E-state index contributed by atoms with van der Waals surface area (Å²) in [6, 6.07) is 7.14. The smallest absolute Gasteiger partial charge is 0.164 e. The van der Waals surface area contributed by atoms with Crippen molar-refractivity contribution in [2.45, 2.75) is 19.5 Å². The maximum absolute atomic E-state index is 12.1. The lowest BCUT2D eigenvalue weighted by atomic mass is 10.1.